The summed E-state index contributed by atoms with van der Waals surface area (Å²) < 4.78 is 11.3. The molecule has 1 aliphatic heterocycles. The van der Waals surface area contributed by atoms with E-state index < -0.39 is 0 Å². The Bertz CT molecular complexity index is 561. The van der Waals surface area contributed by atoms with E-state index in [9.17, 15) is 0 Å². The molecule has 0 aliphatic carbocycles. The number of hydrogen-bond donors (Lipinski definition) is 1. The largest absolute Gasteiger partial charge is 0.441 e. The van der Waals surface area contributed by atoms with Crippen molar-refractivity contribution >= 4 is 16.8 Å². The summed E-state index contributed by atoms with van der Waals surface area (Å²) in [6, 6.07) is 6.10. The van der Waals surface area contributed by atoms with Gasteiger partial charge in [-0.15, -0.1) is 0 Å². The molecule has 1 N–H and O–H groups in total. The van der Waals surface area contributed by atoms with Gasteiger partial charge in [0.2, 0.25) is 0 Å². The highest BCUT2D eigenvalue weighted by Crippen LogP contribution is 2.22. The molecule has 2 heterocycles. The van der Waals surface area contributed by atoms with Crippen LogP contribution in [0.4, 0.5) is 5.69 Å². The minimum absolute atomic E-state index is 0.242. The van der Waals surface area contributed by atoms with Crippen molar-refractivity contribution in [2.75, 3.05) is 38.2 Å². The zero-order valence-electron chi connectivity index (χ0n) is 11.3. The number of rotatable bonds is 3. The molecule has 1 aromatic carbocycles. The Morgan fingerprint density at radius 1 is 1.47 bits per heavy atom. The van der Waals surface area contributed by atoms with Crippen molar-refractivity contribution in [1.82, 2.24) is 10.3 Å². The van der Waals surface area contributed by atoms with E-state index in [1.807, 2.05) is 19.1 Å². The van der Waals surface area contributed by atoms with E-state index in [2.05, 4.69) is 28.3 Å². The van der Waals surface area contributed by atoms with Gasteiger partial charge in [0.25, 0.3) is 0 Å². The number of nitrogens with zero attached hydrogens (tertiary/aromatic N) is 2. The number of nitrogens with one attached hydrogen (secondary N) is 1. The van der Waals surface area contributed by atoms with E-state index in [-0.39, 0.29) is 6.10 Å². The summed E-state index contributed by atoms with van der Waals surface area (Å²) in [6.45, 7) is 5.38. The lowest BCUT2D eigenvalue weighted by Gasteiger charge is -2.29. The molecule has 0 saturated carbocycles. The summed E-state index contributed by atoms with van der Waals surface area (Å²) in [5, 5.41) is 3.34. The van der Waals surface area contributed by atoms with E-state index in [4.69, 9.17) is 9.15 Å². The maximum Gasteiger partial charge on any atom is 0.192 e. The average Bonchev–Trinajstić information content (AvgIpc) is 2.78. The van der Waals surface area contributed by atoms with Crippen molar-refractivity contribution in [3.63, 3.8) is 0 Å². The van der Waals surface area contributed by atoms with Crippen LogP contribution in [0.2, 0.25) is 0 Å². The molecule has 1 saturated heterocycles. The smallest absolute Gasteiger partial charge is 0.192 e. The fraction of sp³-hybridized carbons (Fsp3) is 0.500. The second kappa shape index (κ2) is 5.19. The van der Waals surface area contributed by atoms with Gasteiger partial charge in [0.15, 0.2) is 11.5 Å². The van der Waals surface area contributed by atoms with Gasteiger partial charge in [0, 0.05) is 45.4 Å². The molecule has 0 spiro atoms. The lowest BCUT2D eigenvalue weighted by Crippen LogP contribution is -2.44. The molecule has 0 radical (unpaired) electrons. The molecule has 1 fully saturated rings. The van der Waals surface area contributed by atoms with Gasteiger partial charge in [-0.2, -0.15) is 0 Å². The third-order valence-corrected chi connectivity index (χ3v) is 3.40. The second-order valence-corrected chi connectivity index (χ2v) is 4.96. The Balaban J connectivity index is 1.74. The standard InChI is InChI=1S/C14H19N3O2/c1-10-16-13-4-3-11(7-14(13)19-10)17(2)9-12-8-15-5-6-18-12/h3-4,7,12,15H,5-6,8-9H2,1-2H3. The lowest BCUT2D eigenvalue weighted by molar-refractivity contribution is 0.0340. The highest BCUT2D eigenvalue weighted by molar-refractivity contribution is 5.77. The van der Waals surface area contributed by atoms with Crippen molar-refractivity contribution in [2.45, 2.75) is 13.0 Å². The summed E-state index contributed by atoms with van der Waals surface area (Å²) in [7, 11) is 2.07. The van der Waals surface area contributed by atoms with Gasteiger partial charge >= 0.3 is 0 Å². The SMILES string of the molecule is Cc1nc2ccc(N(C)CC3CNCCO3)cc2o1. The van der Waals surface area contributed by atoms with E-state index in [1.54, 1.807) is 0 Å². The summed E-state index contributed by atoms with van der Waals surface area (Å²) in [6.07, 6.45) is 0.242. The number of morpholine rings is 1. The van der Waals surface area contributed by atoms with Gasteiger partial charge in [-0.1, -0.05) is 0 Å². The van der Waals surface area contributed by atoms with Crippen LogP contribution >= 0.6 is 0 Å². The topological polar surface area (TPSA) is 50.5 Å². The van der Waals surface area contributed by atoms with E-state index >= 15 is 0 Å². The number of ether oxygens (including phenoxy) is 1. The first kappa shape index (κ1) is 12.4. The van der Waals surface area contributed by atoms with Crippen LogP contribution in [-0.4, -0.2) is 44.4 Å². The zero-order chi connectivity index (χ0) is 13.2. The number of likely N-dealkylation sites (N-methyl/N-ethyl adjacent to an activating group) is 1. The zero-order valence-corrected chi connectivity index (χ0v) is 11.3. The molecule has 5 heteroatoms. The van der Waals surface area contributed by atoms with E-state index in [0.717, 1.165) is 43.0 Å². The van der Waals surface area contributed by atoms with E-state index in [0.29, 0.717) is 5.89 Å². The molecular formula is C14H19N3O2. The van der Waals surface area contributed by atoms with Crippen LogP contribution in [0.25, 0.3) is 11.1 Å². The van der Waals surface area contributed by atoms with Crippen molar-refractivity contribution in [1.29, 1.82) is 0 Å². The first-order valence-corrected chi connectivity index (χ1v) is 6.63. The maximum atomic E-state index is 5.72. The average molecular weight is 261 g/mol. The Labute approximate surface area is 112 Å². The lowest BCUT2D eigenvalue weighted by atomic mass is 10.2. The van der Waals surface area contributed by atoms with Crippen LogP contribution in [0.5, 0.6) is 0 Å². The molecule has 2 aromatic rings. The summed E-state index contributed by atoms with van der Waals surface area (Å²) >= 11 is 0. The van der Waals surface area contributed by atoms with E-state index in [1.165, 1.54) is 0 Å². The first-order valence-electron chi connectivity index (χ1n) is 6.63. The maximum absolute atomic E-state index is 5.72. The molecule has 19 heavy (non-hydrogen) atoms. The van der Waals surface area contributed by atoms with Crippen LogP contribution < -0.4 is 10.2 Å². The molecule has 1 unspecified atom stereocenters. The second-order valence-electron chi connectivity index (χ2n) is 4.96. The molecular weight excluding hydrogens is 242 g/mol. The highest BCUT2D eigenvalue weighted by atomic mass is 16.5. The van der Waals surface area contributed by atoms with Gasteiger partial charge < -0.3 is 19.4 Å². The predicted molar refractivity (Wildman–Crippen MR) is 74.6 cm³/mol. The van der Waals surface area contributed by atoms with Crippen molar-refractivity contribution in [3.8, 4) is 0 Å². The molecule has 102 valence electrons. The van der Waals surface area contributed by atoms with Crippen LogP contribution in [0.3, 0.4) is 0 Å². The van der Waals surface area contributed by atoms with Gasteiger partial charge in [-0.25, -0.2) is 4.98 Å². The molecule has 0 bridgehead atoms. The molecule has 1 aliphatic rings. The Hall–Kier alpha value is -1.59. The summed E-state index contributed by atoms with van der Waals surface area (Å²) in [4.78, 5) is 6.50. The van der Waals surface area contributed by atoms with Crippen molar-refractivity contribution in [2.24, 2.45) is 0 Å². The molecule has 1 atom stereocenters. The minimum Gasteiger partial charge on any atom is -0.441 e. The molecule has 0 amide bonds. The molecule has 5 nitrogen and oxygen atoms in total. The van der Waals surface area contributed by atoms with Crippen molar-refractivity contribution < 1.29 is 9.15 Å². The first-order chi connectivity index (χ1) is 9.22. The monoisotopic (exact) mass is 261 g/mol. The fourth-order valence-corrected chi connectivity index (χ4v) is 2.41. The normalized spacial score (nSPS) is 19.8. The number of benzene rings is 1. The third kappa shape index (κ3) is 2.72. The number of oxazole rings is 1. The quantitative estimate of drug-likeness (QED) is 0.908. The number of aromatic nitrogens is 1. The van der Waals surface area contributed by atoms with Crippen LogP contribution in [-0.2, 0) is 4.74 Å². The van der Waals surface area contributed by atoms with Gasteiger partial charge in [-0.3, -0.25) is 0 Å². The van der Waals surface area contributed by atoms with Crippen LogP contribution in [0.1, 0.15) is 5.89 Å². The van der Waals surface area contributed by atoms with Gasteiger partial charge in [-0.05, 0) is 12.1 Å². The summed E-state index contributed by atoms with van der Waals surface area (Å²) in [5.41, 5.74) is 2.87. The van der Waals surface area contributed by atoms with Crippen LogP contribution in [0, 0.1) is 6.92 Å². The number of aryl methyl sites for hydroxylation is 1. The van der Waals surface area contributed by atoms with Crippen molar-refractivity contribution in [3.05, 3.63) is 24.1 Å². The Morgan fingerprint density at radius 3 is 3.16 bits per heavy atom. The van der Waals surface area contributed by atoms with Gasteiger partial charge in [0.05, 0.1) is 12.7 Å². The number of hydrogen-bond acceptors (Lipinski definition) is 5. The number of fused-ring (bicyclic) bond motifs is 1. The summed E-state index contributed by atoms with van der Waals surface area (Å²) in [5.74, 6) is 0.703. The third-order valence-electron chi connectivity index (χ3n) is 3.40. The molecule has 3 rings (SSSR count). The molecule has 1 aromatic heterocycles. The number of anilines is 1. The highest BCUT2D eigenvalue weighted by Gasteiger charge is 2.16. The predicted octanol–water partition coefficient (Wildman–Crippen LogP) is 1.56. The van der Waals surface area contributed by atoms with Crippen LogP contribution in [0.15, 0.2) is 22.6 Å². The Morgan fingerprint density at radius 2 is 2.37 bits per heavy atom. The Kier molecular flexibility index (Phi) is 3.40. The minimum atomic E-state index is 0.242. The van der Waals surface area contributed by atoms with Gasteiger partial charge in [0.1, 0.15) is 5.52 Å². The fourth-order valence-electron chi connectivity index (χ4n) is 2.41.